The lowest BCUT2D eigenvalue weighted by atomic mass is 10.0. The molecule has 0 spiro atoms. The van der Waals surface area contributed by atoms with E-state index in [2.05, 4.69) is 18.2 Å². The smallest absolute Gasteiger partial charge is 0.294 e. The van der Waals surface area contributed by atoms with Crippen LogP contribution in [0.2, 0.25) is 0 Å². The molecule has 0 bridgehead atoms. The number of anilines is 1. The Morgan fingerprint density at radius 2 is 1.84 bits per heavy atom. The third kappa shape index (κ3) is 3.35. The number of aryl methyl sites for hydroxylation is 1. The lowest BCUT2D eigenvalue weighted by Crippen LogP contribution is -2.35. The van der Waals surface area contributed by atoms with Gasteiger partial charge in [0.25, 0.3) is 5.91 Å². The first-order chi connectivity index (χ1) is 12.3. The van der Waals surface area contributed by atoms with Gasteiger partial charge in [-0.15, -0.1) is 11.8 Å². The van der Waals surface area contributed by atoms with Crippen molar-refractivity contribution < 1.29 is 9.21 Å². The van der Waals surface area contributed by atoms with Gasteiger partial charge in [-0.05, 0) is 42.7 Å². The molecular weight excluding hydrogens is 330 g/mol. The van der Waals surface area contributed by atoms with E-state index in [4.69, 9.17) is 4.42 Å². The Kier molecular flexibility index (Phi) is 4.61. The van der Waals surface area contributed by atoms with Gasteiger partial charge in [-0.1, -0.05) is 36.4 Å². The molecule has 0 atom stereocenters. The average Bonchev–Trinajstić information content (AvgIpc) is 3.15. The van der Waals surface area contributed by atoms with Gasteiger partial charge in [-0.25, -0.2) is 0 Å². The summed E-state index contributed by atoms with van der Waals surface area (Å²) in [4.78, 5) is 16.1. The van der Waals surface area contributed by atoms with Crippen LogP contribution in [0.15, 0.2) is 76.2 Å². The first kappa shape index (κ1) is 16.0. The maximum absolute atomic E-state index is 13.1. The van der Waals surface area contributed by atoms with Crippen molar-refractivity contribution in [3.8, 4) is 0 Å². The van der Waals surface area contributed by atoms with Crippen LogP contribution in [0.1, 0.15) is 28.1 Å². The highest BCUT2D eigenvalue weighted by Crippen LogP contribution is 2.30. The van der Waals surface area contributed by atoms with E-state index in [0.717, 1.165) is 36.4 Å². The summed E-state index contributed by atoms with van der Waals surface area (Å²) < 4.78 is 5.58. The molecule has 1 aromatic heterocycles. The molecule has 0 saturated heterocycles. The van der Waals surface area contributed by atoms with Crippen molar-refractivity contribution in [1.82, 2.24) is 0 Å². The summed E-state index contributed by atoms with van der Waals surface area (Å²) in [6.45, 7) is 0.738. The molecule has 4 rings (SSSR count). The Morgan fingerprint density at radius 1 is 1.04 bits per heavy atom. The molecule has 3 aromatic rings. The van der Waals surface area contributed by atoms with Crippen LogP contribution < -0.4 is 4.90 Å². The number of furan rings is 1. The highest BCUT2D eigenvalue weighted by Gasteiger charge is 2.27. The fourth-order valence-electron chi connectivity index (χ4n) is 3.18. The number of hydrogen-bond acceptors (Lipinski definition) is 3. The van der Waals surface area contributed by atoms with Crippen LogP contribution in [0.25, 0.3) is 0 Å². The minimum atomic E-state index is -0.0409. The number of thioether (sulfide) groups is 1. The molecule has 3 nitrogen and oxygen atoms in total. The Balaban J connectivity index is 1.55. The van der Waals surface area contributed by atoms with E-state index >= 15 is 0 Å². The minimum absolute atomic E-state index is 0.0409. The highest BCUT2D eigenvalue weighted by atomic mass is 32.2. The standard InChI is InChI=1S/C21H19NO2S/c23-21(22-13-6-8-16-7-4-5-11-19(16)22)20-17(12-14-24-20)15-25-18-9-2-1-3-10-18/h1-5,7,9-12,14H,6,8,13,15H2. The van der Waals surface area contributed by atoms with Crippen molar-refractivity contribution >= 4 is 23.4 Å². The molecule has 1 amide bonds. The predicted octanol–water partition coefficient (Wildman–Crippen LogP) is 5.16. The Labute approximate surface area is 151 Å². The number of para-hydroxylation sites is 1. The number of fused-ring (bicyclic) bond motifs is 1. The Morgan fingerprint density at radius 3 is 2.72 bits per heavy atom. The normalized spacial score (nSPS) is 13.5. The van der Waals surface area contributed by atoms with Crippen LogP contribution in [0.3, 0.4) is 0 Å². The quantitative estimate of drug-likeness (QED) is 0.610. The van der Waals surface area contributed by atoms with E-state index in [1.54, 1.807) is 18.0 Å². The van der Waals surface area contributed by atoms with E-state index in [0.29, 0.717) is 5.76 Å². The van der Waals surface area contributed by atoms with Crippen LogP contribution in [0.5, 0.6) is 0 Å². The number of carbonyl (C=O) groups excluding carboxylic acids is 1. The van der Waals surface area contributed by atoms with Gasteiger partial charge in [-0.3, -0.25) is 4.79 Å². The third-order valence-electron chi connectivity index (χ3n) is 4.43. The monoisotopic (exact) mass is 349 g/mol. The number of nitrogens with zero attached hydrogens (tertiary/aromatic N) is 1. The molecule has 0 N–H and O–H groups in total. The first-order valence-electron chi connectivity index (χ1n) is 8.47. The van der Waals surface area contributed by atoms with E-state index in [1.165, 1.54) is 10.5 Å². The molecule has 0 radical (unpaired) electrons. The molecule has 126 valence electrons. The number of hydrogen-bond donors (Lipinski definition) is 0. The number of benzene rings is 2. The zero-order valence-corrected chi connectivity index (χ0v) is 14.7. The van der Waals surface area contributed by atoms with Crippen molar-refractivity contribution in [1.29, 1.82) is 0 Å². The van der Waals surface area contributed by atoms with Crippen molar-refractivity contribution in [3.05, 3.63) is 83.8 Å². The van der Waals surface area contributed by atoms with Gasteiger partial charge >= 0.3 is 0 Å². The van der Waals surface area contributed by atoms with Gasteiger partial charge in [0.05, 0.1) is 6.26 Å². The summed E-state index contributed by atoms with van der Waals surface area (Å²) in [6, 6.07) is 20.2. The van der Waals surface area contributed by atoms with Crippen LogP contribution in [0, 0.1) is 0 Å². The lowest BCUT2D eigenvalue weighted by Gasteiger charge is -2.29. The van der Waals surface area contributed by atoms with Crippen LogP contribution >= 0.6 is 11.8 Å². The first-order valence-corrected chi connectivity index (χ1v) is 9.45. The van der Waals surface area contributed by atoms with E-state index < -0.39 is 0 Å². The zero-order valence-electron chi connectivity index (χ0n) is 13.9. The van der Waals surface area contributed by atoms with Gasteiger partial charge < -0.3 is 9.32 Å². The van der Waals surface area contributed by atoms with Gasteiger partial charge in [0.15, 0.2) is 5.76 Å². The lowest BCUT2D eigenvalue weighted by molar-refractivity contribution is 0.0957. The molecule has 2 aromatic carbocycles. The Hall–Kier alpha value is -2.46. The predicted molar refractivity (Wildman–Crippen MR) is 101 cm³/mol. The molecule has 0 saturated carbocycles. The van der Waals surface area contributed by atoms with Crippen molar-refractivity contribution in [2.24, 2.45) is 0 Å². The van der Waals surface area contributed by atoms with Crippen molar-refractivity contribution in [3.63, 3.8) is 0 Å². The van der Waals surface area contributed by atoms with E-state index in [1.807, 2.05) is 47.4 Å². The largest absolute Gasteiger partial charge is 0.459 e. The van der Waals surface area contributed by atoms with Crippen LogP contribution in [0.4, 0.5) is 5.69 Å². The second-order valence-electron chi connectivity index (χ2n) is 6.07. The van der Waals surface area contributed by atoms with Crippen LogP contribution in [-0.2, 0) is 12.2 Å². The summed E-state index contributed by atoms with van der Waals surface area (Å²) >= 11 is 1.71. The second kappa shape index (κ2) is 7.19. The van der Waals surface area contributed by atoms with Crippen molar-refractivity contribution in [2.75, 3.05) is 11.4 Å². The fourth-order valence-corrected chi connectivity index (χ4v) is 4.08. The number of carbonyl (C=O) groups is 1. The van der Waals surface area contributed by atoms with Gasteiger partial charge in [-0.2, -0.15) is 0 Å². The molecule has 1 aliphatic rings. The zero-order chi connectivity index (χ0) is 17.1. The summed E-state index contributed by atoms with van der Waals surface area (Å²) in [5.74, 6) is 1.14. The molecular formula is C21H19NO2S. The number of amides is 1. The molecule has 25 heavy (non-hydrogen) atoms. The summed E-state index contributed by atoms with van der Waals surface area (Å²) in [6.07, 6.45) is 3.62. The molecule has 0 unspecified atom stereocenters. The van der Waals surface area contributed by atoms with Crippen molar-refractivity contribution in [2.45, 2.75) is 23.5 Å². The maximum Gasteiger partial charge on any atom is 0.294 e. The summed E-state index contributed by atoms with van der Waals surface area (Å²) in [7, 11) is 0. The van der Waals surface area contributed by atoms with Crippen LogP contribution in [-0.4, -0.2) is 12.5 Å². The summed E-state index contributed by atoms with van der Waals surface area (Å²) in [5, 5.41) is 0. The van der Waals surface area contributed by atoms with Gasteiger partial charge in [0, 0.05) is 28.4 Å². The molecule has 1 aliphatic heterocycles. The summed E-state index contributed by atoms with van der Waals surface area (Å²) in [5.41, 5.74) is 3.19. The fraction of sp³-hybridized carbons (Fsp3) is 0.190. The van der Waals surface area contributed by atoms with E-state index in [9.17, 15) is 4.79 Å². The second-order valence-corrected chi connectivity index (χ2v) is 7.11. The molecule has 0 aliphatic carbocycles. The average molecular weight is 349 g/mol. The highest BCUT2D eigenvalue weighted by molar-refractivity contribution is 7.98. The Bertz CT molecular complexity index is 872. The number of rotatable bonds is 4. The van der Waals surface area contributed by atoms with Gasteiger partial charge in [0.2, 0.25) is 0 Å². The maximum atomic E-state index is 13.1. The van der Waals surface area contributed by atoms with Gasteiger partial charge in [0.1, 0.15) is 0 Å². The molecule has 2 heterocycles. The minimum Gasteiger partial charge on any atom is -0.459 e. The molecule has 0 fully saturated rings. The topological polar surface area (TPSA) is 33.5 Å². The molecule has 4 heteroatoms. The SMILES string of the molecule is O=C(c1occc1CSc1ccccc1)N1CCCc2ccccc21. The van der Waals surface area contributed by atoms with E-state index in [-0.39, 0.29) is 5.91 Å². The third-order valence-corrected chi connectivity index (χ3v) is 5.49.